The van der Waals surface area contributed by atoms with E-state index in [1.165, 1.54) is 15.8 Å². The number of hydrogen-bond acceptors (Lipinski definition) is 6. The van der Waals surface area contributed by atoms with Gasteiger partial charge in [0.25, 0.3) is 0 Å². The number of benzene rings is 3. The summed E-state index contributed by atoms with van der Waals surface area (Å²) in [6.07, 6.45) is 0.488. The molecule has 0 aliphatic carbocycles. The van der Waals surface area contributed by atoms with E-state index in [2.05, 4.69) is 28.9 Å². The molecule has 1 saturated heterocycles. The number of methoxy groups -OCH3 is 1. The average Bonchev–Trinajstić information content (AvgIpc) is 3.43. The number of nitrogens with one attached hydrogen (secondary N) is 1. The Kier molecular flexibility index (Phi) is 9.75. The summed E-state index contributed by atoms with van der Waals surface area (Å²) < 4.78 is 51.3. The van der Waals surface area contributed by atoms with Crippen molar-refractivity contribution in [3.8, 4) is 11.5 Å². The lowest BCUT2D eigenvalue weighted by Gasteiger charge is -2.46. The standard InChI is InChI=1S/C36H41F2N3O5/c1-25-19-30-28-11-6-7-12-31(28)39-33(30)34(41(25)22-36(38)23-44-24-36)29-14-13-27(20-32(29)43-2)45-18-17-40(16-8-15-37)35(42)46-21-26-9-4-3-5-10-26/h3-7,9-14,20,25,34,39H,8,15-19,21-24H2,1-2H3/t25-,34-/m1/s1. The zero-order chi connectivity index (χ0) is 32.1. The minimum atomic E-state index is -1.40. The normalized spacial score (nSPS) is 18.9. The van der Waals surface area contributed by atoms with E-state index in [-0.39, 0.29) is 64.6 Å². The minimum absolute atomic E-state index is 0.0718. The number of amides is 1. The maximum Gasteiger partial charge on any atom is 0.410 e. The van der Waals surface area contributed by atoms with E-state index in [0.29, 0.717) is 11.5 Å². The molecule has 2 atom stereocenters. The molecule has 6 rings (SSSR count). The van der Waals surface area contributed by atoms with Gasteiger partial charge in [-0.3, -0.25) is 9.29 Å². The van der Waals surface area contributed by atoms with Gasteiger partial charge in [0.15, 0.2) is 5.67 Å². The first-order valence-electron chi connectivity index (χ1n) is 15.8. The molecule has 0 bridgehead atoms. The van der Waals surface area contributed by atoms with Crippen molar-refractivity contribution in [1.29, 1.82) is 0 Å². The Morgan fingerprint density at radius 3 is 2.61 bits per heavy atom. The van der Waals surface area contributed by atoms with E-state index < -0.39 is 18.4 Å². The van der Waals surface area contributed by atoms with E-state index in [1.54, 1.807) is 7.11 Å². The number of aromatic nitrogens is 1. The van der Waals surface area contributed by atoms with E-state index in [1.807, 2.05) is 60.7 Å². The number of halogens is 2. The molecule has 1 amide bonds. The predicted molar refractivity (Wildman–Crippen MR) is 172 cm³/mol. The fourth-order valence-electron chi connectivity index (χ4n) is 6.47. The van der Waals surface area contributed by atoms with E-state index in [0.717, 1.165) is 28.8 Å². The lowest BCUT2D eigenvalue weighted by molar-refractivity contribution is -0.147. The van der Waals surface area contributed by atoms with Crippen LogP contribution >= 0.6 is 0 Å². The Balaban J connectivity index is 1.20. The summed E-state index contributed by atoms with van der Waals surface area (Å²) >= 11 is 0. The van der Waals surface area contributed by atoms with Gasteiger partial charge >= 0.3 is 6.09 Å². The van der Waals surface area contributed by atoms with Gasteiger partial charge in [0.1, 0.15) is 24.7 Å². The number of carbonyl (C=O) groups is 1. The maximum atomic E-state index is 15.6. The number of aromatic amines is 1. The second kappa shape index (κ2) is 14.1. The lowest BCUT2D eigenvalue weighted by Crippen LogP contribution is -2.57. The number of H-pyrrole nitrogens is 1. The second-order valence-corrected chi connectivity index (χ2v) is 12.2. The molecule has 10 heteroatoms. The van der Waals surface area contributed by atoms with Gasteiger partial charge in [-0.05, 0) is 49.1 Å². The molecule has 1 fully saturated rings. The monoisotopic (exact) mass is 633 g/mol. The SMILES string of the molecule is COc1cc(OCCN(CCCF)C(=O)OCc2ccccc2)ccc1[C@@H]1c2[nH]c3ccccc3c2C[C@@H](C)N1CC1(F)COC1. The van der Waals surface area contributed by atoms with Crippen LogP contribution in [-0.4, -0.2) is 85.8 Å². The van der Waals surface area contributed by atoms with E-state index >= 15 is 4.39 Å². The van der Waals surface area contributed by atoms with Gasteiger partial charge in [0, 0.05) is 47.4 Å². The number of ether oxygens (including phenoxy) is 4. The van der Waals surface area contributed by atoms with Crippen molar-refractivity contribution in [1.82, 2.24) is 14.8 Å². The molecule has 3 heterocycles. The fraction of sp³-hybridized carbons (Fsp3) is 0.417. The van der Waals surface area contributed by atoms with Crippen LogP contribution < -0.4 is 9.47 Å². The van der Waals surface area contributed by atoms with Crippen molar-refractivity contribution in [2.24, 2.45) is 0 Å². The maximum absolute atomic E-state index is 15.6. The van der Waals surface area contributed by atoms with Crippen molar-refractivity contribution in [3.05, 3.63) is 95.2 Å². The van der Waals surface area contributed by atoms with Gasteiger partial charge in [-0.1, -0.05) is 48.5 Å². The summed E-state index contributed by atoms with van der Waals surface area (Å²) in [5, 5.41) is 1.18. The molecule has 3 aromatic carbocycles. The molecule has 0 unspecified atom stereocenters. The highest BCUT2D eigenvalue weighted by Crippen LogP contribution is 2.45. The molecule has 0 spiro atoms. The third-order valence-electron chi connectivity index (χ3n) is 8.86. The number of carbonyl (C=O) groups excluding carboxylic acids is 1. The quantitative estimate of drug-likeness (QED) is 0.178. The molecular formula is C36H41F2N3O5. The fourth-order valence-corrected chi connectivity index (χ4v) is 6.47. The van der Waals surface area contributed by atoms with Crippen LogP contribution in [0.25, 0.3) is 10.9 Å². The first-order chi connectivity index (χ1) is 22.4. The van der Waals surface area contributed by atoms with Crippen molar-refractivity contribution in [2.45, 2.75) is 44.1 Å². The molecule has 8 nitrogen and oxygen atoms in total. The summed E-state index contributed by atoms with van der Waals surface area (Å²) in [4.78, 5) is 20.1. The number of hydrogen-bond donors (Lipinski definition) is 1. The van der Waals surface area contributed by atoms with E-state index in [9.17, 15) is 9.18 Å². The zero-order valence-electron chi connectivity index (χ0n) is 26.3. The summed E-state index contributed by atoms with van der Waals surface area (Å²) in [7, 11) is 1.61. The van der Waals surface area contributed by atoms with Gasteiger partial charge < -0.3 is 28.8 Å². The Bertz CT molecular complexity index is 1630. The minimum Gasteiger partial charge on any atom is -0.496 e. The van der Waals surface area contributed by atoms with Gasteiger partial charge in [-0.25, -0.2) is 9.18 Å². The Labute approximate surface area is 268 Å². The van der Waals surface area contributed by atoms with Crippen LogP contribution in [0.1, 0.15) is 41.8 Å². The third kappa shape index (κ3) is 6.83. The van der Waals surface area contributed by atoms with E-state index in [4.69, 9.17) is 18.9 Å². The smallest absolute Gasteiger partial charge is 0.410 e. The summed E-state index contributed by atoms with van der Waals surface area (Å²) in [5.74, 6) is 1.17. The van der Waals surface area contributed by atoms with Gasteiger partial charge in [-0.15, -0.1) is 0 Å². The number of rotatable bonds is 13. The average molecular weight is 634 g/mol. The Morgan fingerprint density at radius 1 is 1.09 bits per heavy atom. The molecule has 4 aromatic rings. The van der Waals surface area contributed by atoms with Crippen molar-refractivity contribution < 1.29 is 32.5 Å². The summed E-state index contributed by atoms with van der Waals surface area (Å²) in [5.41, 5.74) is 3.68. The van der Waals surface area contributed by atoms with Crippen molar-refractivity contribution in [3.63, 3.8) is 0 Å². The topological polar surface area (TPSA) is 76.3 Å². The molecule has 0 saturated carbocycles. The molecule has 1 N–H and O–H groups in total. The van der Waals surface area contributed by atoms with Crippen LogP contribution in [0, 0.1) is 0 Å². The van der Waals surface area contributed by atoms with Crippen LogP contribution in [-0.2, 0) is 22.5 Å². The molecule has 2 aliphatic heterocycles. The predicted octanol–water partition coefficient (Wildman–Crippen LogP) is 6.63. The zero-order valence-corrected chi connectivity index (χ0v) is 26.3. The Morgan fingerprint density at radius 2 is 1.87 bits per heavy atom. The van der Waals surface area contributed by atoms with Crippen LogP contribution in [0.4, 0.5) is 13.6 Å². The Hall–Kier alpha value is -4.15. The summed E-state index contributed by atoms with van der Waals surface area (Å²) in [6.45, 7) is 2.80. The van der Waals surface area contributed by atoms with Gasteiger partial charge in [0.05, 0.1) is 39.6 Å². The molecule has 0 radical (unpaired) electrons. The molecule has 46 heavy (non-hydrogen) atoms. The highest BCUT2D eigenvalue weighted by Gasteiger charge is 2.46. The van der Waals surface area contributed by atoms with Crippen molar-refractivity contribution in [2.75, 3.05) is 53.2 Å². The van der Waals surface area contributed by atoms with Crippen LogP contribution in [0.2, 0.25) is 0 Å². The summed E-state index contributed by atoms with van der Waals surface area (Å²) in [6, 6.07) is 23.1. The number of alkyl halides is 2. The number of fused-ring (bicyclic) bond motifs is 3. The van der Waals surface area contributed by atoms with Gasteiger partial charge in [0.2, 0.25) is 0 Å². The molecular weight excluding hydrogens is 592 g/mol. The molecule has 2 aliphatic rings. The highest BCUT2D eigenvalue weighted by atomic mass is 19.1. The van der Waals surface area contributed by atoms with Crippen LogP contribution in [0.15, 0.2) is 72.8 Å². The lowest BCUT2D eigenvalue weighted by atomic mass is 9.86. The van der Waals surface area contributed by atoms with Crippen molar-refractivity contribution >= 4 is 17.0 Å². The number of nitrogens with zero attached hydrogens (tertiary/aromatic N) is 2. The second-order valence-electron chi connectivity index (χ2n) is 12.2. The van der Waals surface area contributed by atoms with Gasteiger partial charge in [-0.2, -0.15) is 0 Å². The number of para-hydroxylation sites is 1. The largest absolute Gasteiger partial charge is 0.496 e. The molecule has 244 valence electrons. The third-order valence-corrected chi connectivity index (χ3v) is 8.86. The first-order valence-corrected chi connectivity index (χ1v) is 15.8. The molecule has 1 aromatic heterocycles. The highest BCUT2D eigenvalue weighted by molar-refractivity contribution is 5.85. The van der Waals surface area contributed by atoms with Crippen LogP contribution in [0.3, 0.4) is 0 Å². The van der Waals surface area contributed by atoms with Crippen LogP contribution in [0.5, 0.6) is 11.5 Å². The first kappa shape index (κ1) is 31.8.